The van der Waals surface area contributed by atoms with Crippen molar-refractivity contribution in [3.8, 4) is 0 Å². The summed E-state index contributed by atoms with van der Waals surface area (Å²) in [6, 6.07) is 0.917. The van der Waals surface area contributed by atoms with Crippen molar-refractivity contribution in [1.82, 2.24) is 10.3 Å². The van der Waals surface area contributed by atoms with Crippen LogP contribution in [0.2, 0.25) is 0 Å². The van der Waals surface area contributed by atoms with Gasteiger partial charge in [-0.05, 0) is 20.1 Å². The highest BCUT2D eigenvalue weighted by molar-refractivity contribution is 7.98. The van der Waals surface area contributed by atoms with Crippen molar-refractivity contribution in [2.75, 3.05) is 12.0 Å². The molecule has 1 heterocycles. The standard InChI is InChI=1S/C9H16N2S2/c1-7(4-12-3)11-8(2)9-5-13-6-10-9/h5-8,11H,4H2,1-3H3. The maximum absolute atomic E-state index is 4.28. The molecule has 1 aromatic rings. The van der Waals surface area contributed by atoms with Crippen LogP contribution in [0.4, 0.5) is 0 Å². The van der Waals surface area contributed by atoms with Crippen LogP contribution in [-0.2, 0) is 0 Å². The molecule has 4 heteroatoms. The van der Waals surface area contributed by atoms with E-state index in [1.165, 1.54) is 0 Å². The van der Waals surface area contributed by atoms with E-state index in [1.54, 1.807) is 11.3 Å². The van der Waals surface area contributed by atoms with Gasteiger partial charge in [0, 0.05) is 23.2 Å². The van der Waals surface area contributed by atoms with E-state index >= 15 is 0 Å². The molecule has 0 saturated carbocycles. The first kappa shape index (κ1) is 11.0. The summed E-state index contributed by atoms with van der Waals surface area (Å²) in [6.07, 6.45) is 2.13. The van der Waals surface area contributed by atoms with Gasteiger partial charge in [0.25, 0.3) is 0 Å². The van der Waals surface area contributed by atoms with Gasteiger partial charge in [0.2, 0.25) is 0 Å². The molecular formula is C9H16N2S2. The fraction of sp³-hybridized carbons (Fsp3) is 0.667. The van der Waals surface area contributed by atoms with Crippen molar-refractivity contribution in [3.63, 3.8) is 0 Å². The number of thioether (sulfide) groups is 1. The number of hydrogen-bond donors (Lipinski definition) is 1. The fourth-order valence-corrected chi connectivity index (χ4v) is 2.49. The maximum Gasteiger partial charge on any atom is 0.0795 e. The molecule has 1 rings (SSSR count). The number of hydrogen-bond acceptors (Lipinski definition) is 4. The Kier molecular flexibility index (Phi) is 4.77. The zero-order valence-corrected chi connectivity index (χ0v) is 9.91. The minimum absolute atomic E-state index is 0.369. The van der Waals surface area contributed by atoms with Crippen LogP contribution in [0.25, 0.3) is 0 Å². The molecule has 0 aliphatic rings. The zero-order chi connectivity index (χ0) is 9.68. The SMILES string of the molecule is CSCC(C)NC(C)c1cscn1. The van der Waals surface area contributed by atoms with Gasteiger partial charge in [0.1, 0.15) is 0 Å². The summed E-state index contributed by atoms with van der Waals surface area (Å²) in [4.78, 5) is 4.28. The molecule has 1 aromatic heterocycles. The van der Waals surface area contributed by atoms with Crippen LogP contribution in [0, 0.1) is 0 Å². The summed E-state index contributed by atoms with van der Waals surface area (Å²) in [6.45, 7) is 4.37. The van der Waals surface area contributed by atoms with E-state index in [4.69, 9.17) is 0 Å². The van der Waals surface area contributed by atoms with Crippen molar-refractivity contribution >= 4 is 23.1 Å². The molecule has 13 heavy (non-hydrogen) atoms. The molecule has 0 spiro atoms. The highest BCUT2D eigenvalue weighted by Gasteiger charge is 2.09. The summed E-state index contributed by atoms with van der Waals surface area (Å²) in [5.41, 5.74) is 3.03. The Morgan fingerprint density at radius 3 is 2.92 bits per heavy atom. The van der Waals surface area contributed by atoms with Crippen LogP contribution in [-0.4, -0.2) is 23.0 Å². The normalized spacial score (nSPS) is 15.6. The second-order valence-electron chi connectivity index (χ2n) is 3.16. The van der Waals surface area contributed by atoms with Gasteiger partial charge in [-0.25, -0.2) is 4.98 Å². The Morgan fingerprint density at radius 1 is 1.62 bits per heavy atom. The molecular weight excluding hydrogens is 200 g/mol. The molecule has 2 unspecified atom stereocenters. The van der Waals surface area contributed by atoms with Crippen molar-refractivity contribution in [2.45, 2.75) is 25.9 Å². The second-order valence-corrected chi connectivity index (χ2v) is 4.79. The molecule has 0 aromatic carbocycles. The average Bonchev–Trinajstić information content (AvgIpc) is 2.55. The van der Waals surface area contributed by atoms with E-state index in [9.17, 15) is 0 Å². The van der Waals surface area contributed by atoms with E-state index in [-0.39, 0.29) is 0 Å². The molecule has 0 fully saturated rings. The third kappa shape index (κ3) is 3.67. The van der Waals surface area contributed by atoms with E-state index in [0.717, 1.165) is 11.4 Å². The van der Waals surface area contributed by atoms with Crippen LogP contribution in [0.15, 0.2) is 10.9 Å². The maximum atomic E-state index is 4.28. The van der Waals surface area contributed by atoms with Crippen LogP contribution >= 0.6 is 23.1 Å². The van der Waals surface area contributed by atoms with Crippen molar-refractivity contribution in [2.24, 2.45) is 0 Å². The van der Waals surface area contributed by atoms with Crippen molar-refractivity contribution < 1.29 is 0 Å². The van der Waals surface area contributed by atoms with E-state index in [0.29, 0.717) is 12.1 Å². The molecule has 0 amide bonds. The highest BCUT2D eigenvalue weighted by Crippen LogP contribution is 2.13. The summed E-state index contributed by atoms with van der Waals surface area (Å²) >= 11 is 3.52. The number of nitrogens with one attached hydrogen (secondary N) is 1. The van der Waals surface area contributed by atoms with Gasteiger partial charge in [-0.1, -0.05) is 0 Å². The Balaban J connectivity index is 2.37. The number of nitrogens with zero attached hydrogens (tertiary/aromatic N) is 1. The summed E-state index contributed by atoms with van der Waals surface area (Å²) in [7, 11) is 0. The average molecular weight is 216 g/mol. The first-order chi connectivity index (χ1) is 6.24. The first-order valence-electron chi connectivity index (χ1n) is 4.37. The van der Waals surface area contributed by atoms with Gasteiger partial charge in [-0.15, -0.1) is 11.3 Å². The third-order valence-electron chi connectivity index (χ3n) is 1.85. The fourth-order valence-electron chi connectivity index (χ4n) is 1.25. The number of thiazole rings is 1. The molecule has 0 aliphatic carbocycles. The van der Waals surface area contributed by atoms with Crippen molar-refractivity contribution in [3.05, 3.63) is 16.6 Å². The lowest BCUT2D eigenvalue weighted by atomic mass is 10.2. The largest absolute Gasteiger partial charge is 0.305 e. The molecule has 74 valence electrons. The second kappa shape index (κ2) is 5.62. The van der Waals surface area contributed by atoms with Crippen LogP contribution < -0.4 is 5.32 Å². The van der Waals surface area contributed by atoms with Gasteiger partial charge < -0.3 is 5.32 Å². The molecule has 0 aliphatic heterocycles. The highest BCUT2D eigenvalue weighted by atomic mass is 32.2. The van der Waals surface area contributed by atoms with E-state index in [1.807, 2.05) is 17.3 Å². The van der Waals surface area contributed by atoms with Gasteiger partial charge in [-0.2, -0.15) is 11.8 Å². The molecule has 2 atom stereocenters. The Hall–Kier alpha value is -0.0600. The van der Waals surface area contributed by atoms with Crippen molar-refractivity contribution in [1.29, 1.82) is 0 Å². The van der Waals surface area contributed by atoms with E-state index < -0.39 is 0 Å². The third-order valence-corrected chi connectivity index (χ3v) is 3.28. The lowest BCUT2D eigenvalue weighted by Gasteiger charge is -2.17. The molecule has 2 nitrogen and oxygen atoms in total. The number of aromatic nitrogens is 1. The lowest BCUT2D eigenvalue weighted by molar-refractivity contribution is 0.504. The Bertz CT molecular complexity index is 224. The molecule has 0 radical (unpaired) electrons. The summed E-state index contributed by atoms with van der Waals surface area (Å²) < 4.78 is 0. The Morgan fingerprint density at radius 2 is 2.38 bits per heavy atom. The monoisotopic (exact) mass is 216 g/mol. The quantitative estimate of drug-likeness (QED) is 0.819. The van der Waals surface area contributed by atoms with Gasteiger partial charge in [-0.3, -0.25) is 0 Å². The molecule has 0 saturated heterocycles. The first-order valence-corrected chi connectivity index (χ1v) is 6.70. The van der Waals surface area contributed by atoms with Crippen LogP contribution in [0.1, 0.15) is 25.6 Å². The summed E-state index contributed by atoms with van der Waals surface area (Å²) in [5.74, 6) is 1.15. The topological polar surface area (TPSA) is 24.9 Å². The summed E-state index contributed by atoms with van der Waals surface area (Å²) in [5, 5.41) is 5.61. The minimum Gasteiger partial charge on any atom is -0.305 e. The zero-order valence-electron chi connectivity index (χ0n) is 8.28. The Labute approximate surface area is 88.2 Å². The predicted octanol–water partition coefficient (Wildman–Crippen LogP) is 2.55. The van der Waals surface area contributed by atoms with Gasteiger partial charge >= 0.3 is 0 Å². The van der Waals surface area contributed by atoms with E-state index in [2.05, 4.69) is 35.8 Å². The van der Waals surface area contributed by atoms with Gasteiger partial charge in [0.05, 0.1) is 11.2 Å². The molecule has 0 bridgehead atoms. The lowest BCUT2D eigenvalue weighted by Crippen LogP contribution is -2.30. The van der Waals surface area contributed by atoms with Crippen LogP contribution in [0.3, 0.4) is 0 Å². The minimum atomic E-state index is 0.369. The molecule has 1 N–H and O–H groups in total. The number of rotatable bonds is 5. The van der Waals surface area contributed by atoms with Crippen LogP contribution in [0.5, 0.6) is 0 Å². The van der Waals surface area contributed by atoms with Gasteiger partial charge in [0.15, 0.2) is 0 Å². The smallest absolute Gasteiger partial charge is 0.0795 e. The predicted molar refractivity (Wildman–Crippen MR) is 61.5 cm³/mol.